The molecule has 0 saturated carbocycles. The average Bonchev–Trinajstić information content (AvgIpc) is 2.22. The molecule has 0 bridgehead atoms. The second-order valence-corrected chi connectivity index (χ2v) is 5.54. The van der Waals surface area contributed by atoms with Crippen LogP contribution in [0.4, 0.5) is 0 Å². The fourth-order valence-corrected chi connectivity index (χ4v) is 1.45. The lowest BCUT2D eigenvalue weighted by Gasteiger charge is -2.17. The second kappa shape index (κ2) is 11.8. The molecule has 0 atom stereocenters. The highest BCUT2D eigenvalue weighted by molar-refractivity contribution is 5.85. The zero-order valence-corrected chi connectivity index (χ0v) is 13.0. The monoisotopic (exact) mass is 280 g/mol. The molecule has 0 unspecified atom stereocenters. The van der Waals surface area contributed by atoms with Gasteiger partial charge in [0.25, 0.3) is 0 Å². The summed E-state index contributed by atoms with van der Waals surface area (Å²) in [4.78, 5) is 11.4. The van der Waals surface area contributed by atoms with E-state index < -0.39 is 0 Å². The standard InChI is InChI=1S/C13H28N2O2.ClH/c1-13(2,3)7-5-6-8-15-12(16)11-14-9-10-17-4;/h14H,5-11H2,1-4H3,(H,15,16);1H. The smallest absolute Gasteiger partial charge is 0.233 e. The van der Waals surface area contributed by atoms with Crippen molar-refractivity contribution in [3.05, 3.63) is 0 Å². The van der Waals surface area contributed by atoms with Crippen molar-refractivity contribution < 1.29 is 9.53 Å². The van der Waals surface area contributed by atoms with Crippen molar-refractivity contribution in [2.24, 2.45) is 5.41 Å². The highest BCUT2D eigenvalue weighted by atomic mass is 35.5. The Hall–Kier alpha value is -0.320. The molecule has 0 spiro atoms. The first-order valence-corrected chi connectivity index (χ1v) is 6.42. The SMILES string of the molecule is COCCNCC(=O)NCCCCC(C)(C)C.Cl. The Morgan fingerprint density at radius 2 is 1.83 bits per heavy atom. The van der Waals surface area contributed by atoms with Crippen molar-refractivity contribution in [3.8, 4) is 0 Å². The van der Waals surface area contributed by atoms with E-state index in [1.165, 1.54) is 12.8 Å². The van der Waals surface area contributed by atoms with Gasteiger partial charge in [-0.1, -0.05) is 27.2 Å². The minimum Gasteiger partial charge on any atom is -0.383 e. The minimum atomic E-state index is 0. The number of unbranched alkanes of at least 4 members (excludes halogenated alkanes) is 1. The van der Waals surface area contributed by atoms with Crippen LogP contribution < -0.4 is 10.6 Å². The number of rotatable bonds is 9. The van der Waals surface area contributed by atoms with Gasteiger partial charge >= 0.3 is 0 Å². The van der Waals surface area contributed by atoms with Crippen LogP contribution in [-0.2, 0) is 9.53 Å². The predicted molar refractivity (Wildman–Crippen MR) is 78.3 cm³/mol. The number of carbonyl (C=O) groups excluding carboxylic acids is 1. The molecule has 0 radical (unpaired) electrons. The Morgan fingerprint density at radius 1 is 1.17 bits per heavy atom. The van der Waals surface area contributed by atoms with E-state index in [2.05, 4.69) is 31.4 Å². The van der Waals surface area contributed by atoms with Gasteiger partial charge in [0.05, 0.1) is 13.2 Å². The van der Waals surface area contributed by atoms with Crippen LogP contribution in [0.25, 0.3) is 0 Å². The maximum atomic E-state index is 11.4. The van der Waals surface area contributed by atoms with Gasteiger partial charge in [0, 0.05) is 20.2 Å². The zero-order chi connectivity index (χ0) is 13.1. The summed E-state index contributed by atoms with van der Waals surface area (Å²) in [6, 6.07) is 0. The third-order valence-corrected chi connectivity index (χ3v) is 2.44. The van der Waals surface area contributed by atoms with Crippen molar-refractivity contribution in [1.82, 2.24) is 10.6 Å². The summed E-state index contributed by atoms with van der Waals surface area (Å²) in [6.45, 7) is 9.23. The first-order chi connectivity index (χ1) is 7.95. The van der Waals surface area contributed by atoms with Gasteiger partial charge < -0.3 is 15.4 Å². The Bertz CT molecular complexity index is 206. The summed E-state index contributed by atoms with van der Waals surface area (Å²) in [5.74, 6) is 0.0665. The van der Waals surface area contributed by atoms with Crippen LogP contribution in [0.3, 0.4) is 0 Å². The fraction of sp³-hybridized carbons (Fsp3) is 0.923. The number of halogens is 1. The number of hydrogen-bond acceptors (Lipinski definition) is 3. The van der Waals surface area contributed by atoms with Crippen molar-refractivity contribution in [2.75, 3.05) is 33.4 Å². The van der Waals surface area contributed by atoms with Gasteiger partial charge in [-0.25, -0.2) is 0 Å². The molecular weight excluding hydrogens is 252 g/mol. The van der Waals surface area contributed by atoms with Crippen LogP contribution in [0.2, 0.25) is 0 Å². The van der Waals surface area contributed by atoms with Gasteiger partial charge in [0.2, 0.25) is 5.91 Å². The van der Waals surface area contributed by atoms with E-state index in [0.717, 1.165) is 13.0 Å². The molecular formula is C13H29ClN2O2. The molecule has 0 rings (SSSR count). The fourth-order valence-electron chi connectivity index (χ4n) is 1.45. The Labute approximate surface area is 118 Å². The summed E-state index contributed by atoms with van der Waals surface area (Å²) >= 11 is 0. The number of ether oxygens (including phenoxy) is 1. The lowest BCUT2D eigenvalue weighted by atomic mass is 9.90. The molecule has 0 saturated heterocycles. The molecule has 0 aliphatic carbocycles. The van der Waals surface area contributed by atoms with Crippen molar-refractivity contribution in [1.29, 1.82) is 0 Å². The average molecular weight is 281 g/mol. The molecule has 0 fully saturated rings. The molecule has 1 amide bonds. The van der Waals surface area contributed by atoms with Crippen molar-refractivity contribution in [3.63, 3.8) is 0 Å². The van der Waals surface area contributed by atoms with E-state index in [1.807, 2.05) is 0 Å². The van der Waals surface area contributed by atoms with E-state index in [4.69, 9.17) is 4.74 Å². The van der Waals surface area contributed by atoms with Crippen LogP contribution in [0.5, 0.6) is 0 Å². The third-order valence-electron chi connectivity index (χ3n) is 2.44. The van der Waals surface area contributed by atoms with Gasteiger partial charge in [-0.15, -0.1) is 12.4 Å². The summed E-state index contributed by atoms with van der Waals surface area (Å²) in [5, 5.41) is 5.92. The lowest BCUT2D eigenvalue weighted by molar-refractivity contribution is -0.120. The van der Waals surface area contributed by atoms with E-state index in [-0.39, 0.29) is 18.3 Å². The Morgan fingerprint density at radius 3 is 2.39 bits per heavy atom. The van der Waals surface area contributed by atoms with Crippen molar-refractivity contribution >= 4 is 18.3 Å². The van der Waals surface area contributed by atoms with E-state index >= 15 is 0 Å². The molecule has 0 aliphatic rings. The molecule has 2 N–H and O–H groups in total. The number of amides is 1. The Kier molecular flexibility index (Phi) is 13.1. The van der Waals surface area contributed by atoms with E-state index in [9.17, 15) is 4.79 Å². The normalized spacial score (nSPS) is 10.9. The van der Waals surface area contributed by atoms with Gasteiger partial charge in [0.1, 0.15) is 0 Å². The molecule has 0 aromatic heterocycles. The molecule has 4 nitrogen and oxygen atoms in total. The molecule has 0 heterocycles. The maximum Gasteiger partial charge on any atom is 0.233 e. The lowest BCUT2D eigenvalue weighted by Crippen LogP contribution is -2.35. The molecule has 0 aromatic rings. The largest absolute Gasteiger partial charge is 0.383 e. The molecule has 0 aromatic carbocycles. The van der Waals surface area contributed by atoms with Gasteiger partial charge in [-0.3, -0.25) is 4.79 Å². The first-order valence-electron chi connectivity index (χ1n) is 6.42. The quantitative estimate of drug-likeness (QED) is 0.635. The number of methoxy groups -OCH3 is 1. The molecule has 5 heteroatoms. The van der Waals surface area contributed by atoms with Crippen LogP contribution >= 0.6 is 12.4 Å². The molecule has 0 aliphatic heterocycles. The number of nitrogens with one attached hydrogen (secondary N) is 2. The third kappa shape index (κ3) is 15.7. The second-order valence-electron chi connectivity index (χ2n) is 5.54. The first kappa shape index (κ1) is 20.0. The summed E-state index contributed by atoms with van der Waals surface area (Å²) < 4.78 is 4.87. The Balaban J connectivity index is 0. The highest BCUT2D eigenvalue weighted by Gasteiger charge is 2.08. The van der Waals surface area contributed by atoms with E-state index in [0.29, 0.717) is 25.1 Å². The predicted octanol–water partition coefficient (Wildman–Crippen LogP) is 1.98. The highest BCUT2D eigenvalue weighted by Crippen LogP contribution is 2.20. The van der Waals surface area contributed by atoms with Gasteiger partial charge in [-0.2, -0.15) is 0 Å². The van der Waals surface area contributed by atoms with Crippen LogP contribution in [0.1, 0.15) is 40.0 Å². The minimum absolute atomic E-state index is 0. The summed E-state index contributed by atoms with van der Waals surface area (Å²) in [6.07, 6.45) is 3.43. The number of hydrogen-bond donors (Lipinski definition) is 2. The summed E-state index contributed by atoms with van der Waals surface area (Å²) in [7, 11) is 1.65. The van der Waals surface area contributed by atoms with Crippen LogP contribution in [0.15, 0.2) is 0 Å². The molecule has 110 valence electrons. The van der Waals surface area contributed by atoms with Gasteiger partial charge in [0.15, 0.2) is 0 Å². The van der Waals surface area contributed by atoms with Gasteiger partial charge in [-0.05, 0) is 18.3 Å². The van der Waals surface area contributed by atoms with Crippen LogP contribution in [0, 0.1) is 5.41 Å². The van der Waals surface area contributed by atoms with Crippen LogP contribution in [-0.4, -0.2) is 39.3 Å². The zero-order valence-electron chi connectivity index (χ0n) is 12.2. The maximum absolute atomic E-state index is 11.4. The molecule has 18 heavy (non-hydrogen) atoms. The van der Waals surface area contributed by atoms with E-state index in [1.54, 1.807) is 7.11 Å². The topological polar surface area (TPSA) is 50.4 Å². The van der Waals surface area contributed by atoms with Crippen molar-refractivity contribution in [2.45, 2.75) is 40.0 Å². The summed E-state index contributed by atoms with van der Waals surface area (Å²) in [5.41, 5.74) is 0.395. The number of carbonyl (C=O) groups is 1.